The molecule has 0 radical (unpaired) electrons. The lowest BCUT2D eigenvalue weighted by Crippen LogP contribution is -2.48. The van der Waals surface area contributed by atoms with Crippen LogP contribution in [0.15, 0.2) is 41.5 Å². The van der Waals surface area contributed by atoms with Gasteiger partial charge < -0.3 is 9.47 Å². The van der Waals surface area contributed by atoms with E-state index in [0.29, 0.717) is 0 Å². The topological polar surface area (TPSA) is 55.2 Å². The molecule has 1 fully saturated rings. The van der Waals surface area contributed by atoms with Crippen LogP contribution in [0.1, 0.15) is 24.0 Å². The molecule has 1 aliphatic heterocycles. The lowest BCUT2D eigenvalue weighted by molar-refractivity contribution is -0.138. The van der Waals surface area contributed by atoms with Crippen molar-refractivity contribution in [3.63, 3.8) is 0 Å². The number of rotatable bonds is 4. The standard InChI is InChI=1S/C19H19F4N3O2/c1-25-11-8-24-16(17(25)28)26-9-6-18(20,7-10-26)15(27)12-13-4-2-3-5-14(13)19(21,22)23/h2-5,8,11H,6-7,9-10,12H2,1H3. The Morgan fingerprint density at radius 2 is 1.86 bits per heavy atom. The first-order chi connectivity index (χ1) is 13.1. The fourth-order valence-corrected chi connectivity index (χ4v) is 3.34. The Balaban J connectivity index is 1.73. The van der Waals surface area contributed by atoms with Gasteiger partial charge in [0.1, 0.15) is 0 Å². The zero-order valence-corrected chi connectivity index (χ0v) is 15.2. The van der Waals surface area contributed by atoms with Crippen LogP contribution in [0.3, 0.4) is 0 Å². The Hall–Kier alpha value is -2.71. The SMILES string of the molecule is Cn1ccnc(N2CCC(F)(C(=O)Cc3ccccc3C(F)(F)F)CC2)c1=O. The molecule has 150 valence electrons. The molecule has 2 heterocycles. The second-order valence-electron chi connectivity index (χ2n) is 6.87. The Kier molecular flexibility index (Phi) is 5.27. The molecule has 1 aromatic heterocycles. The Morgan fingerprint density at radius 3 is 2.50 bits per heavy atom. The van der Waals surface area contributed by atoms with Gasteiger partial charge in [-0.25, -0.2) is 9.37 Å². The van der Waals surface area contributed by atoms with Crippen LogP contribution in [0.4, 0.5) is 23.4 Å². The van der Waals surface area contributed by atoms with E-state index >= 15 is 4.39 Å². The number of benzene rings is 1. The van der Waals surface area contributed by atoms with Crippen molar-refractivity contribution in [1.82, 2.24) is 9.55 Å². The monoisotopic (exact) mass is 397 g/mol. The van der Waals surface area contributed by atoms with Gasteiger partial charge in [0.05, 0.1) is 5.56 Å². The summed E-state index contributed by atoms with van der Waals surface area (Å²) in [5.74, 6) is -0.709. The summed E-state index contributed by atoms with van der Waals surface area (Å²) in [6.07, 6.45) is -2.70. The quantitative estimate of drug-likeness (QED) is 0.745. The highest BCUT2D eigenvalue weighted by Gasteiger charge is 2.43. The summed E-state index contributed by atoms with van der Waals surface area (Å²) < 4.78 is 55.8. The largest absolute Gasteiger partial charge is 0.416 e. The van der Waals surface area contributed by atoms with Crippen LogP contribution in [-0.2, 0) is 24.4 Å². The Bertz CT molecular complexity index is 931. The third-order valence-electron chi connectivity index (χ3n) is 5.03. The van der Waals surface area contributed by atoms with E-state index in [2.05, 4.69) is 4.98 Å². The average Bonchev–Trinajstić information content (AvgIpc) is 2.64. The minimum atomic E-state index is -4.61. The summed E-state index contributed by atoms with van der Waals surface area (Å²) in [6, 6.07) is 4.69. The highest BCUT2D eigenvalue weighted by atomic mass is 19.4. The molecule has 0 aliphatic carbocycles. The third kappa shape index (κ3) is 3.93. The first-order valence-electron chi connectivity index (χ1n) is 8.76. The molecule has 1 saturated heterocycles. The fourth-order valence-electron chi connectivity index (χ4n) is 3.34. The van der Waals surface area contributed by atoms with Crippen molar-refractivity contribution < 1.29 is 22.4 Å². The second-order valence-corrected chi connectivity index (χ2v) is 6.87. The van der Waals surface area contributed by atoms with Gasteiger partial charge in [-0.3, -0.25) is 9.59 Å². The van der Waals surface area contributed by atoms with Crippen LogP contribution < -0.4 is 10.5 Å². The molecular formula is C19H19F4N3O2. The number of carbonyl (C=O) groups is 1. The van der Waals surface area contributed by atoms with Gasteiger partial charge in [0.25, 0.3) is 5.56 Å². The smallest absolute Gasteiger partial charge is 0.352 e. The summed E-state index contributed by atoms with van der Waals surface area (Å²) in [5.41, 5.74) is -3.73. The summed E-state index contributed by atoms with van der Waals surface area (Å²) >= 11 is 0. The van der Waals surface area contributed by atoms with E-state index in [1.54, 1.807) is 11.9 Å². The van der Waals surface area contributed by atoms with Crippen LogP contribution in [-0.4, -0.2) is 34.1 Å². The Morgan fingerprint density at radius 1 is 1.21 bits per heavy atom. The summed E-state index contributed by atoms with van der Waals surface area (Å²) in [7, 11) is 1.57. The predicted molar refractivity (Wildman–Crippen MR) is 94.9 cm³/mol. The Labute approximate surface area is 158 Å². The van der Waals surface area contributed by atoms with Gasteiger partial charge in [0.15, 0.2) is 17.3 Å². The van der Waals surface area contributed by atoms with E-state index < -0.39 is 29.6 Å². The van der Waals surface area contributed by atoms with E-state index in [0.717, 1.165) is 6.07 Å². The predicted octanol–water partition coefficient (Wildman–Crippen LogP) is 2.92. The molecule has 0 N–H and O–H groups in total. The third-order valence-corrected chi connectivity index (χ3v) is 5.03. The molecule has 0 unspecified atom stereocenters. The highest BCUT2D eigenvalue weighted by molar-refractivity contribution is 5.89. The van der Waals surface area contributed by atoms with E-state index in [4.69, 9.17) is 0 Å². The molecule has 28 heavy (non-hydrogen) atoms. The number of anilines is 1. The van der Waals surface area contributed by atoms with Crippen LogP contribution in [0.5, 0.6) is 0 Å². The highest BCUT2D eigenvalue weighted by Crippen LogP contribution is 2.34. The molecule has 0 atom stereocenters. The molecular weight excluding hydrogens is 378 g/mol. The number of hydrogen-bond acceptors (Lipinski definition) is 4. The van der Waals surface area contributed by atoms with Crippen LogP contribution in [0, 0.1) is 0 Å². The zero-order chi connectivity index (χ0) is 20.5. The number of alkyl halides is 4. The number of piperidine rings is 1. The van der Waals surface area contributed by atoms with Gasteiger partial charge in [-0.15, -0.1) is 0 Å². The van der Waals surface area contributed by atoms with Gasteiger partial charge >= 0.3 is 6.18 Å². The van der Waals surface area contributed by atoms with Crippen molar-refractivity contribution in [3.8, 4) is 0 Å². The van der Waals surface area contributed by atoms with Crippen molar-refractivity contribution in [3.05, 3.63) is 58.1 Å². The molecule has 2 aromatic rings. The number of aromatic nitrogens is 2. The summed E-state index contributed by atoms with van der Waals surface area (Å²) in [6.45, 7) is 0.158. The minimum Gasteiger partial charge on any atom is -0.352 e. The summed E-state index contributed by atoms with van der Waals surface area (Å²) in [4.78, 5) is 30.2. The van der Waals surface area contributed by atoms with Gasteiger partial charge in [0, 0.05) is 51.8 Å². The van der Waals surface area contributed by atoms with E-state index in [1.807, 2.05) is 0 Å². The van der Waals surface area contributed by atoms with Gasteiger partial charge in [-0.2, -0.15) is 13.2 Å². The van der Waals surface area contributed by atoms with Crippen LogP contribution in [0.25, 0.3) is 0 Å². The minimum absolute atomic E-state index is 0.0788. The van der Waals surface area contributed by atoms with Crippen molar-refractivity contribution in [2.24, 2.45) is 7.05 Å². The van der Waals surface area contributed by atoms with E-state index in [-0.39, 0.29) is 42.9 Å². The molecule has 0 bridgehead atoms. The first kappa shape index (κ1) is 20.0. The number of hydrogen-bond donors (Lipinski definition) is 0. The van der Waals surface area contributed by atoms with Gasteiger partial charge in [-0.05, 0) is 11.6 Å². The van der Waals surface area contributed by atoms with Crippen molar-refractivity contribution in [1.29, 1.82) is 0 Å². The maximum absolute atomic E-state index is 15.2. The van der Waals surface area contributed by atoms with Crippen molar-refractivity contribution in [2.75, 3.05) is 18.0 Å². The number of carbonyl (C=O) groups excluding carboxylic acids is 1. The maximum atomic E-state index is 15.2. The number of aryl methyl sites for hydroxylation is 1. The summed E-state index contributed by atoms with van der Waals surface area (Å²) in [5, 5.41) is 0. The average molecular weight is 397 g/mol. The number of Topliss-reactive ketones (excluding diaryl/α,β-unsaturated/α-hetero) is 1. The van der Waals surface area contributed by atoms with Gasteiger partial charge in [-0.1, -0.05) is 18.2 Å². The van der Waals surface area contributed by atoms with E-state index in [1.165, 1.54) is 35.2 Å². The lowest BCUT2D eigenvalue weighted by atomic mass is 9.85. The van der Waals surface area contributed by atoms with Crippen LogP contribution in [0.2, 0.25) is 0 Å². The molecule has 5 nitrogen and oxygen atoms in total. The first-order valence-corrected chi connectivity index (χ1v) is 8.76. The number of halogens is 4. The molecule has 9 heteroatoms. The van der Waals surface area contributed by atoms with E-state index in [9.17, 15) is 22.8 Å². The molecule has 0 saturated carbocycles. The number of ketones is 1. The van der Waals surface area contributed by atoms with Crippen LogP contribution >= 0.6 is 0 Å². The maximum Gasteiger partial charge on any atom is 0.416 e. The molecule has 0 amide bonds. The lowest BCUT2D eigenvalue weighted by Gasteiger charge is -2.35. The normalized spacial score (nSPS) is 16.8. The molecule has 3 rings (SSSR count). The fraction of sp³-hybridized carbons (Fsp3) is 0.421. The van der Waals surface area contributed by atoms with Gasteiger partial charge in [0.2, 0.25) is 0 Å². The zero-order valence-electron chi connectivity index (χ0n) is 15.2. The molecule has 1 aliphatic rings. The molecule has 0 spiro atoms. The second kappa shape index (κ2) is 7.37. The number of nitrogens with zero attached hydrogens (tertiary/aromatic N) is 3. The van der Waals surface area contributed by atoms with Crippen molar-refractivity contribution >= 4 is 11.6 Å². The molecule has 1 aromatic carbocycles. The van der Waals surface area contributed by atoms with Crippen molar-refractivity contribution in [2.45, 2.75) is 31.1 Å².